The molecule has 0 saturated heterocycles. The van der Waals surface area contributed by atoms with E-state index in [-0.39, 0.29) is 29.7 Å². The van der Waals surface area contributed by atoms with Crippen LogP contribution >= 0.6 is 0 Å². The zero-order valence-electron chi connectivity index (χ0n) is 29.9. The molecule has 0 nitrogen and oxygen atoms in total. The minimum atomic E-state index is -0.398. The van der Waals surface area contributed by atoms with E-state index < -0.39 is 6.04 Å². The molecule has 0 amide bonds. The van der Waals surface area contributed by atoms with Crippen LogP contribution < -0.4 is 0 Å². The monoisotopic (exact) mass is 587 g/mol. The summed E-state index contributed by atoms with van der Waals surface area (Å²) in [4.78, 5) is 0. The number of rotatable bonds is 4. The van der Waals surface area contributed by atoms with E-state index in [1.54, 1.807) is 0 Å². The molecule has 9 aromatic rings. The zero-order valence-corrected chi connectivity index (χ0v) is 24.9. The second-order valence-electron chi connectivity index (χ2n) is 11.7. The largest absolute Gasteiger partial charge is 0.0629 e. The molecule has 9 rings (SSSR count). The van der Waals surface area contributed by atoms with Crippen LogP contribution in [0, 0.1) is 0 Å². The van der Waals surface area contributed by atoms with Gasteiger partial charge in [0.2, 0.25) is 0 Å². The first kappa shape index (κ1) is 21.7. The average molecular weight is 588 g/mol. The highest BCUT2D eigenvalue weighted by Gasteiger charge is 2.20. The van der Waals surface area contributed by atoms with Gasteiger partial charge in [-0.15, -0.1) is 0 Å². The summed E-state index contributed by atoms with van der Waals surface area (Å²) in [5.41, 5.74) is 7.19. The fraction of sp³-hybridized carbons (Fsp3) is 0. The van der Waals surface area contributed by atoms with Crippen LogP contribution in [0.5, 0.6) is 0 Å². The van der Waals surface area contributed by atoms with Crippen molar-refractivity contribution in [3.63, 3.8) is 0 Å². The normalized spacial score (nSPS) is 13.0. The molecule has 0 aliphatic rings. The summed E-state index contributed by atoms with van der Waals surface area (Å²) >= 11 is 0. The lowest BCUT2D eigenvalue weighted by atomic mass is 9.82. The number of benzene rings is 9. The van der Waals surface area contributed by atoms with Crippen molar-refractivity contribution in [3.8, 4) is 44.5 Å². The summed E-state index contributed by atoms with van der Waals surface area (Å²) in [7, 11) is 0. The molecule has 0 bridgehead atoms. The number of hydrogen-bond donors (Lipinski definition) is 0. The number of fused-ring (bicyclic) bond motifs is 4. The van der Waals surface area contributed by atoms with Crippen LogP contribution in [-0.2, 0) is 0 Å². The third-order valence-electron chi connectivity index (χ3n) is 9.15. The van der Waals surface area contributed by atoms with Gasteiger partial charge < -0.3 is 0 Å². The van der Waals surface area contributed by atoms with E-state index in [9.17, 15) is 0 Å². The molecule has 0 atom stereocenters. The summed E-state index contributed by atoms with van der Waals surface area (Å²) in [6.07, 6.45) is 0. The summed E-state index contributed by atoms with van der Waals surface area (Å²) in [5.74, 6) is 0. The van der Waals surface area contributed by atoms with E-state index in [1.807, 2.05) is 36.4 Å². The SMILES string of the molecule is [2H]c1c([2H])c([2H])c(-c2ccccc2-c2c3ccccc3c(-c3cccc4c(-c5ccc6ccccc6c5)cccc34)c3ccccc23)c([2H])c1[2H]. The van der Waals surface area contributed by atoms with E-state index in [1.165, 1.54) is 27.3 Å². The first-order valence-electron chi connectivity index (χ1n) is 18.0. The van der Waals surface area contributed by atoms with Gasteiger partial charge in [0.1, 0.15) is 0 Å². The highest BCUT2D eigenvalue weighted by atomic mass is 14.2. The lowest BCUT2D eigenvalue weighted by molar-refractivity contribution is 1.61. The van der Waals surface area contributed by atoms with E-state index in [2.05, 4.69) is 115 Å². The Morgan fingerprint density at radius 3 is 1.46 bits per heavy atom. The molecule has 0 unspecified atom stereocenters. The maximum absolute atomic E-state index is 8.83. The van der Waals surface area contributed by atoms with Crippen LogP contribution in [0.4, 0.5) is 0 Å². The molecular weight excluding hydrogens is 553 g/mol. The molecular formula is C46H30. The second kappa shape index (κ2) is 10.9. The van der Waals surface area contributed by atoms with Gasteiger partial charge in [-0.1, -0.05) is 176 Å². The van der Waals surface area contributed by atoms with Gasteiger partial charge in [0.25, 0.3) is 0 Å². The summed E-state index contributed by atoms with van der Waals surface area (Å²) < 4.78 is 42.7. The van der Waals surface area contributed by atoms with Crippen LogP contribution in [0.1, 0.15) is 6.85 Å². The van der Waals surface area contributed by atoms with Crippen molar-refractivity contribution in [2.45, 2.75) is 0 Å². The molecule has 0 aliphatic heterocycles. The van der Waals surface area contributed by atoms with Gasteiger partial charge in [-0.05, 0) is 93.7 Å². The van der Waals surface area contributed by atoms with E-state index in [0.29, 0.717) is 5.56 Å². The highest BCUT2D eigenvalue weighted by molar-refractivity contribution is 6.24. The first-order valence-corrected chi connectivity index (χ1v) is 15.5. The van der Waals surface area contributed by atoms with Crippen LogP contribution in [0.2, 0.25) is 0 Å². The Bertz CT molecular complexity index is 2790. The number of hydrogen-bond acceptors (Lipinski definition) is 0. The fourth-order valence-corrected chi connectivity index (χ4v) is 7.15. The van der Waals surface area contributed by atoms with Crippen LogP contribution in [0.25, 0.3) is 87.6 Å². The fourth-order valence-electron chi connectivity index (χ4n) is 7.15. The molecule has 0 aromatic heterocycles. The smallest absolute Gasteiger partial charge is 0.0622 e. The average Bonchev–Trinajstić information content (AvgIpc) is 3.18. The van der Waals surface area contributed by atoms with Gasteiger partial charge in [0.05, 0.1) is 6.85 Å². The third-order valence-corrected chi connectivity index (χ3v) is 9.15. The summed E-state index contributed by atoms with van der Waals surface area (Å²) in [6, 6.07) is 51.2. The van der Waals surface area contributed by atoms with Crippen molar-refractivity contribution < 1.29 is 6.85 Å². The predicted octanol–water partition coefficient (Wildman–Crippen LogP) is 13.0. The van der Waals surface area contributed by atoms with Gasteiger partial charge in [0, 0.05) is 0 Å². The Labute approximate surface area is 275 Å². The minimum absolute atomic E-state index is 0.198. The first-order chi connectivity index (χ1) is 24.9. The molecule has 0 heteroatoms. The molecule has 0 aliphatic carbocycles. The van der Waals surface area contributed by atoms with Crippen LogP contribution in [0.3, 0.4) is 0 Å². The van der Waals surface area contributed by atoms with Crippen LogP contribution in [-0.4, -0.2) is 0 Å². The predicted molar refractivity (Wildman–Crippen MR) is 198 cm³/mol. The molecule has 0 N–H and O–H groups in total. The molecule has 0 fully saturated rings. The summed E-state index contributed by atoms with van der Waals surface area (Å²) in [6.45, 7) is 0. The van der Waals surface area contributed by atoms with Gasteiger partial charge in [-0.2, -0.15) is 0 Å². The standard InChI is InChI=1S/C46H30/c1-2-15-32(16-3-1)35-18-6-7-19-39(35)45-41-20-8-10-22-43(41)46(44-23-11-9-21-42(44)45)40-27-13-25-37-36(24-12-26-38(37)40)34-29-28-31-14-4-5-17-33(31)30-34/h1-30H/i1D,2D,3D,15D,16D. The van der Waals surface area contributed by atoms with Gasteiger partial charge >= 0.3 is 0 Å². The Morgan fingerprint density at radius 2 is 0.783 bits per heavy atom. The van der Waals surface area contributed by atoms with Crippen LogP contribution in [0.15, 0.2) is 182 Å². The zero-order chi connectivity index (χ0) is 34.8. The van der Waals surface area contributed by atoms with E-state index >= 15 is 0 Å². The van der Waals surface area contributed by atoms with Crippen molar-refractivity contribution in [2.24, 2.45) is 0 Å². The molecule has 0 saturated carbocycles. The van der Waals surface area contributed by atoms with Crippen molar-refractivity contribution in [3.05, 3.63) is 182 Å². The summed E-state index contributed by atoms with van der Waals surface area (Å²) in [5, 5.41) is 8.95. The topological polar surface area (TPSA) is 0 Å². The molecule has 0 spiro atoms. The lowest BCUT2D eigenvalue weighted by Gasteiger charge is -2.20. The lowest BCUT2D eigenvalue weighted by Crippen LogP contribution is -1.93. The third kappa shape index (κ3) is 4.23. The Hall–Kier alpha value is -5.98. The quantitative estimate of drug-likeness (QED) is 0.180. The molecule has 0 radical (unpaired) electrons. The maximum Gasteiger partial charge on any atom is 0.0629 e. The highest BCUT2D eigenvalue weighted by Crippen LogP contribution is 2.47. The molecule has 214 valence electrons. The van der Waals surface area contributed by atoms with E-state index in [4.69, 9.17) is 6.85 Å². The maximum atomic E-state index is 8.83. The van der Waals surface area contributed by atoms with Gasteiger partial charge in [-0.3, -0.25) is 0 Å². The van der Waals surface area contributed by atoms with Crippen molar-refractivity contribution in [1.29, 1.82) is 0 Å². The van der Waals surface area contributed by atoms with Crippen molar-refractivity contribution >= 4 is 43.1 Å². The molecule has 9 aromatic carbocycles. The van der Waals surface area contributed by atoms with Gasteiger partial charge in [0.15, 0.2) is 0 Å². The van der Waals surface area contributed by atoms with Crippen molar-refractivity contribution in [2.75, 3.05) is 0 Å². The molecule has 46 heavy (non-hydrogen) atoms. The second-order valence-corrected chi connectivity index (χ2v) is 11.7. The Balaban J connectivity index is 1.34. The van der Waals surface area contributed by atoms with Gasteiger partial charge in [-0.25, -0.2) is 0 Å². The Kier molecular flexibility index (Phi) is 5.12. The Morgan fingerprint density at radius 1 is 0.304 bits per heavy atom. The van der Waals surface area contributed by atoms with Crippen molar-refractivity contribution in [1.82, 2.24) is 0 Å². The molecule has 0 heterocycles. The minimum Gasteiger partial charge on any atom is -0.0622 e. The van der Waals surface area contributed by atoms with E-state index in [0.717, 1.165) is 49.2 Å².